The van der Waals surface area contributed by atoms with Gasteiger partial charge in [-0.1, -0.05) is 43.2 Å². The average molecular weight is 316 g/mol. The van der Waals surface area contributed by atoms with Crippen LogP contribution >= 0.6 is 0 Å². The normalized spacial score (nSPS) is 20.6. The van der Waals surface area contributed by atoms with Gasteiger partial charge in [-0.15, -0.1) is 0 Å². The summed E-state index contributed by atoms with van der Waals surface area (Å²) in [5.74, 6) is 0.134. The Morgan fingerprint density at radius 3 is 2.57 bits per heavy atom. The number of hydrogen-bond acceptors (Lipinski definition) is 3. The fraction of sp³-hybridized carbons (Fsp3) is 0.632. The first-order valence-corrected chi connectivity index (χ1v) is 8.96. The molecule has 126 valence electrons. The van der Waals surface area contributed by atoms with E-state index in [9.17, 15) is 4.79 Å². The van der Waals surface area contributed by atoms with E-state index in [1.807, 2.05) is 35.2 Å². The standard InChI is InChI=1S/C19H28N2O2/c22-19(16-23-15-17-7-2-1-3-8-17)21-12-6-11-20(13-14-21)18-9-4-5-10-18/h1-3,7-8,18H,4-6,9-16H2. The van der Waals surface area contributed by atoms with E-state index in [0.717, 1.165) is 44.2 Å². The van der Waals surface area contributed by atoms with Crippen molar-refractivity contribution < 1.29 is 9.53 Å². The maximum Gasteiger partial charge on any atom is 0.248 e. The summed E-state index contributed by atoms with van der Waals surface area (Å²) in [5.41, 5.74) is 1.11. The van der Waals surface area contributed by atoms with Gasteiger partial charge in [-0.2, -0.15) is 0 Å². The number of benzene rings is 1. The molecule has 23 heavy (non-hydrogen) atoms. The third-order valence-corrected chi connectivity index (χ3v) is 5.06. The van der Waals surface area contributed by atoms with E-state index < -0.39 is 0 Å². The maximum absolute atomic E-state index is 12.4. The molecule has 4 heteroatoms. The third-order valence-electron chi connectivity index (χ3n) is 5.06. The van der Waals surface area contributed by atoms with Crippen molar-refractivity contribution in [1.82, 2.24) is 9.80 Å². The molecule has 0 atom stereocenters. The molecule has 2 aliphatic rings. The summed E-state index contributed by atoms with van der Waals surface area (Å²) in [6.45, 7) is 4.59. The number of ether oxygens (including phenoxy) is 1. The van der Waals surface area contributed by atoms with Crippen LogP contribution in [0.15, 0.2) is 30.3 Å². The summed E-state index contributed by atoms with van der Waals surface area (Å²) >= 11 is 0. The molecule has 1 heterocycles. The number of nitrogens with zero attached hydrogens (tertiary/aromatic N) is 2. The molecule has 0 unspecified atom stereocenters. The first-order valence-electron chi connectivity index (χ1n) is 8.96. The molecule has 1 aromatic carbocycles. The predicted octanol–water partition coefficient (Wildman–Crippen LogP) is 2.68. The van der Waals surface area contributed by atoms with Crippen LogP contribution in [0.2, 0.25) is 0 Å². The highest BCUT2D eigenvalue weighted by atomic mass is 16.5. The van der Waals surface area contributed by atoms with E-state index in [0.29, 0.717) is 6.61 Å². The van der Waals surface area contributed by atoms with Gasteiger partial charge in [0.25, 0.3) is 0 Å². The molecular weight excluding hydrogens is 288 g/mol. The van der Waals surface area contributed by atoms with E-state index in [1.165, 1.54) is 25.7 Å². The summed E-state index contributed by atoms with van der Waals surface area (Å²) in [7, 11) is 0. The largest absolute Gasteiger partial charge is 0.367 e. The summed E-state index contributed by atoms with van der Waals surface area (Å²) in [5, 5.41) is 0. The molecule has 0 aromatic heterocycles. The molecule has 1 aromatic rings. The average Bonchev–Trinajstić information content (AvgIpc) is 3.00. The van der Waals surface area contributed by atoms with E-state index in [1.54, 1.807) is 0 Å². The van der Waals surface area contributed by atoms with E-state index in [4.69, 9.17) is 4.74 Å². The SMILES string of the molecule is O=C(COCc1ccccc1)N1CCCN(C2CCCC2)CC1. The lowest BCUT2D eigenvalue weighted by atomic mass is 10.2. The molecular formula is C19H28N2O2. The summed E-state index contributed by atoms with van der Waals surface area (Å²) in [4.78, 5) is 16.9. The Morgan fingerprint density at radius 1 is 1.00 bits per heavy atom. The number of hydrogen-bond donors (Lipinski definition) is 0. The molecule has 1 amide bonds. The fourth-order valence-electron chi connectivity index (χ4n) is 3.74. The molecule has 3 rings (SSSR count). The Morgan fingerprint density at radius 2 is 1.78 bits per heavy atom. The molecule has 1 saturated heterocycles. The van der Waals surface area contributed by atoms with Gasteiger partial charge in [0.2, 0.25) is 5.91 Å². The van der Waals surface area contributed by atoms with Crippen LogP contribution in [0.25, 0.3) is 0 Å². The molecule has 0 radical (unpaired) electrons. The number of rotatable bonds is 5. The van der Waals surface area contributed by atoms with E-state index >= 15 is 0 Å². The second kappa shape index (κ2) is 8.46. The zero-order chi connectivity index (χ0) is 15.9. The summed E-state index contributed by atoms with van der Waals surface area (Å²) in [6.07, 6.45) is 6.51. The minimum absolute atomic E-state index is 0.134. The van der Waals surface area contributed by atoms with Gasteiger partial charge in [-0.25, -0.2) is 0 Å². The highest BCUT2D eigenvalue weighted by Gasteiger charge is 2.26. The van der Waals surface area contributed by atoms with Crippen molar-refractivity contribution in [3.63, 3.8) is 0 Å². The van der Waals surface area contributed by atoms with Gasteiger partial charge in [0, 0.05) is 32.2 Å². The molecule has 1 aliphatic heterocycles. The molecule has 0 spiro atoms. The van der Waals surface area contributed by atoms with Gasteiger partial charge in [-0.05, 0) is 24.8 Å². The molecule has 4 nitrogen and oxygen atoms in total. The van der Waals surface area contributed by atoms with Crippen molar-refractivity contribution in [2.24, 2.45) is 0 Å². The van der Waals surface area contributed by atoms with Gasteiger partial charge in [0.05, 0.1) is 6.61 Å². The molecule has 2 fully saturated rings. The van der Waals surface area contributed by atoms with Gasteiger partial charge in [-0.3, -0.25) is 9.69 Å². The monoisotopic (exact) mass is 316 g/mol. The number of carbonyl (C=O) groups excluding carboxylic acids is 1. The van der Waals surface area contributed by atoms with Crippen LogP contribution in [0.3, 0.4) is 0 Å². The number of amides is 1. The predicted molar refractivity (Wildman–Crippen MR) is 91.1 cm³/mol. The molecule has 0 bridgehead atoms. The Labute approximate surface area is 139 Å². The van der Waals surface area contributed by atoms with Crippen LogP contribution in [-0.2, 0) is 16.1 Å². The first-order chi connectivity index (χ1) is 11.3. The van der Waals surface area contributed by atoms with Crippen molar-refractivity contribution in [2.75, 3.05) is 32.8 Å². The van der Waals surface area contributed by atoms with Crippen molar-refractivity contribution in [3.05, 3.63) is 35.9 Å². The molecule has 0 N–H and O–H groups in total. The van der Waals surface area contributed by atoms with Crippen LogP contribution in [0.5, 0.6) is 0 Å². The van der Waals surface area contributed by atoms with Crippen LogP contribution in [0.4, 0.5) is 0 Å². The smallest absolute Gasteiger partial charge is 0.248 e. The second-order valence-corrected chi connectivity index (χ2v) is 6.69. The lowest BCUT2D eigenvalue weighted by Crippen LogP contribution is -2.39. The lowest BCUT2D eigenvalue weighted by Gasteiger charge is -2.27. The topological polar surface area (TPSA) is 32.8 Å². The molecule has 1 saturated carbocycles. The van der Waals surface area contributed by atoms with E-state index in [2.05, 4.69) is 4.90 Å². The quantitative estimate of drug-likeness (QED) is 0.837. The summed E-state index contributed by atoms with van der Waals surface area (Å²) in [6, 6.07) is 10.8. The van der Waals surface area contributed by atoms with Gasteiger partial charge < -0.3 is 9.64 Å². The Bertz CT molecular complexity index is 485. The zero-order valence-electron chi connectivity index (χ0n) is 14.0. The van der Waals surface area contributed by atoms with Crippen LogP contribution in [0, 0.1) is 0 Å². The minimum Gasteiger partial charge on any atom is -0.367 e. The van der Waals surface area contributed by atoms with Gasteiger partial charge >= 0.3 is 0 Å². The Hall–Kier alpha value is -1.39. The molecule has 1 aliphatic carbocycles. The van der Waals surface area contributed by atoms with Crippen molar-refractivity contribution in [2.45, 2.75) is 44.8 Å². The number of carbonyl (C=O) groups is 1. The van der Waals surface area contributed by atoms with Crippen molar-refractivity contribution in [3.8, 4) is 0 Å². The van der Waals surface area contributed by atoms with Gasteiger partial charge in [0.15, 0.2) is 0 Å². The van der Waals surface area contributed by atoms with Crippen LogP contribution < -0.4 is 0 Å². The summed E-state index contributed by atoms with van der Waals surface area (Å²) < 4.78 is 5.60. The second-order valence-electron chi connectivity index (χ2n) is 6.69. The Kier molecular flexibility index (Phi) is 6.06. The van der Waals surface area contributed by atoms with Gasteiger partial charge in [0.1, 0.15) is 6.61 Å². The lowest BCUT2D eigenvalue weighted by molar-refractivity contribution is -0.136. The third kappa shape index (κ3) is 4.79. The highest BCUT2D eigenvalue weighted by molar-refractivity contribution is 5.77. The Balaban J connectivity index is 1.41. The van der Waals surface area contributed by atoms with Crippen LogP contribution in [0.1, 0.15) is 37.7 Å². The van der Waals surface area contributed by atoms with Crippen molar-refractivity contribution >= 4 is 5.91 Å². The fourth-order valence-corrected chi connectivity index (χ4v) is 3.74. The minimum atomic E-state index is 0.134. The zero-order valence-corrected chi connectivity index (χ0v) is 14.0. The van der Waals surface area contributed by atoms with Crippen LogP contribution in [-0.4, -0.2) is 54.5 Å². The van der Waals surface area contributed by atoms with Crippen molar-refractivity contribution in [1.29, 1.82) is 0 Å². The van der Waals surface area contributed by atoms with E-state index in [-0.39, 0.29) is 12.5 Å². The maximum atomic E-state index is 12.4. The highest BCUT2D eigenvalue weighted by Crippen LogP contribution is 2.24. The first kappa shape index (κ1) is 16.5.